The van der Waals surface area contributed by atoms with Crippen molar-refractivity contribution in [3.63, 3.8) is 0 Å². The van der Waals surface area contributed by atoms with E-state index in [4.69, 9.17) is 35.5 Å². The van der Waals surface area contributed by atoms with E-state index in [1.807, 2.05) is 38.1 Å². The van der Waals surface area contributed by atoms with Gasteiger partial charge >= 0.3 is 0 Å². The predicted molar refractivity (Wildman–Crippen MR) is 189 cm³/mol. The number of phenolic OH excluding ortho intramolecular Hbond substituents is 1. The van der Waals surface area contributed by atoms with Crippen molar-refractivity contribution in [2.75, 3.05) is 21.3 Å². The summed E-state index contributed by atoms with van der Waals surface area (Å²) in [5.74, 6) is -3.42. The Morgan fingerprint density at radius 2 is 1.78 bits per heavy atom. The summed E-state index contributed by atoms with van der Waals surface area (Å²) in [6.07, 6.45) is 0.204. The van der Waals surface area contributed by atoms with Gasteiger partial charge in [0.25, 0.3) is 0 Å². The highest BCUT2D eigenvalue weighted by atomic mass is 35.5. The maximum Gasteiger partial charge on any atom is 0.231 e. The van der Waals surface area contributed by atoms with E-state index in [0.29, 0.717) is 11.4 Å². The van der Waals surface area contributed by atoms with Gasteiger partial charge in [-0.15, -0.1) is 0 Å². The second kappa shape index (κ2) is 13.8. The number of hydrogen-bond acceptors (Lipinski definition) is 10. The number of aliphatic hydroxyl groups is 1. The van der Waals surface area contributed by atoms with Crippen LogP contribution in [0.5, 0.6) is 28.7 Å². The fourth-order valence-corrected chi connectivity index (χ4v) is 7.35. The zero-order chi connectivity index (χ0) is 36.8. The van der Waals surface area contributed by atoms with Crippen molar-refractivity contribution in [1.82, 2.24) is 15.3 Å². The molecule has 4 aromatic rings. The fourth-order valence-electron chi connectivity index (χ4n) is 7.09. The van der Waals surface area contributed by atoms with Gasteiger partial charge in [0.2, 0.25) is 17.3 Å². The summed E-state index contributed by atoms with van der Waals surface area (Å²) in [6.45, 7) is 5.64. The number of H-pyrrole nitrogens is 1. The third-order valence-corrected chi connectivity index (χ3v) is 10.4. The highest BCUT2D eigenvalue weighted by molar-refractivity contribution is 6.35. The van der Waals surface area contributed by atoms with Gasteiger partial charge in [-0.1, -0.05) is 57.0 Å². The molecule has 0 bridgehead atoms. The normalized spacial score (nSPS) is 20.2. The predicted octanol–water partition coefficient (Wildman–Crippen LogP) is 6.76. The number of methoxy groups -OCH3 is 3. The van der Waals surface area contributed by atoms with E-state index in [1.54, 1.807) is 6.92 Å². The first-order valence-corrected chi connectivity index (χ1v) is 17.0. The number of aromatic hydroxyl groups is 1. The standard InChI is InChI=1S/C38H40ClN3O9/c1-7-18(2)33(37-40-22-10-8-9-11-23(22)41-37)42-29(45)16-21(20-12-13-24(43)26(15-20)48-4)30-25(44)14-19(3)38(35(30)46)36(47)31-27(49-5)17-28(50-6)32(39)34(31)51-38/h8-13,15,17-19,21,33,43,46H,7,14,16H2,1-6H3,(H,40,41)(H,42,45)/t18-,19+,21?,33-,38-/m0/s1. The van der Waals surface area contributed by atoms with Crippen molar-refractivity contribution in [2.24, 2.45) is 11.8 Å². The molecule has 0 radical (unpaired) electrons. The molecule has 0 saturated carbocycles. The number of ketones is 2. The lowest BCUT2D eigenvalue weighted by Gasteiger charge is -2.39. The van der Waals surface area contributed by atoms with Gasteiger partial charge in [-0.2, -0.15) is 0 Å². The van der Waals surface area contributed by atoms with Crippen LogP contribution in [-0.4, -0.2) is 64.6 Å². The van der Waals surface area contributed by atoms with Crippen LogP contribution >= 0.6 is 11.6 Å². The smallest absolute Gasteiger partial charge is 0.231 e. The number of hydrogen-bond donors (Lipinski definition) is 4. The molecule has 6 rings (SSSR count). The van der Waals surface area contributed by atoms with Crippen LogP contribution in [-0.2, 0) is 9.59 Å². The highest BCUT2D eigenvalue weighted by Gasteiger charge is 2.61. The average Bonchev–Trinajstić information content (AvgIpc) is 3.69. The van der Waals surface area contributed by atoms with E-state index in [1.165, 1.54) is 45.6 Å². The van der Waals surface area contributed by atoms with Crippen molar-refractivity contribution >= 4 is 40.1 Å². The van der Waals surface area contributed by atoms with E-state index < -0.39 is 46.7 Å². The average molecular weight is 718 g/mol. The lowest BCUT2D eigenvalue weighted by Crippen LogP contribution is -2.53. The Labute approximate surface area is 299 Å². The molecule has 1 amide bonds. The van der Waals surface area contributed by atoms with Crippen LogP contribution in [0.3, 0.4) is 0 Å². The van der Waals surface area contributed by atoms with E-state index >= 15 is 0 Å². The van der Waals surface area contributed by atoms with Gasteiger partial charge in [0.1, 0.15) is 27.9 Å². The molecule has 2 aliphatic rings. The van der Waals surface area contributed by atoms with Crippen LogP contribution in [0.2, 0.25) is 5.02 Å². The van der Waals surface area contributed by atoms with Gasteiger partial charge < -0.3 is 39.5 Å². The van der Waals surface area contributed by atoms with Gasteiger partial charge in [-0.25, -0.2) is 4.98 Å². The number of allylic oxidation sites excluding steroid dienone is 1. The van der Waals surface area contributed by atoms with Crippen molar-refractivity contribution in [1.29, 1.82) is 0 Å². The van der Waals surface area contributed by atoms with Crippen molar-refractivity contribution in [3.8, 4) is 28.7 Å². The number of fused-ring (bicyclic) bond motifs is 2. The minimum atomic E-state index is -2.06. The van der Waals surface area contributed by atoms with E-state index in [9.17, 15) is 24.6 Å². The number of aromatic nitrogens is 2. The second-order valence-corrected chi connectivity index (χ2v) is 13.4. The molecule has 3 aromatic carbocycles. The number of aromatic amines is 1. The molecule has 0 fully saturated rings. The van der Waals surface area contributed by atoms with Gasteiger partial charge in [0, 0.05) is 36.3 Å². The van der Waals surface area contributed by atoms with Crippen LogP contribution in [0.15, 0.2) is 59.9 Å². The Balaban J connectivity index is 1.46. The second-order valence-electron chi connectivity index (χ2n) is 13.0. The maximum absolute atomic E-state index is 14.4. The molecule has 1 spiro atoms. The number of amides is 1. The SMILES string of the molecule is CC[C@H](C)[C@H](NC(=O)CC(C1=C(O)[C@@]2(Oc3c(Cl)c(OC)cc(OC)c3C2=O)[C@H](C)CC1=O)c1ccc(O)c(OC)c1)c1nc2ccccc2[nH]1. The molecule has 12 nitrogen and oxygen atoms in total. The molecule has 1 aromatic heterocycles. The quantitative estimate of drug-likeness (QED) is 0.130. The molecule has 13 heteroatoms. The number of Topliss-reactive ketones (excluding diaryl/α,β-unsaturated/α-hetero) is 2. The summed E-state index contributed by atoms with van der Waals surface area (Å²) in [5, 5.41) is 25.8. The zero-order valence-electron chi connectivity index (χ0n) is 29.1. The van der Waals surface area contributed by atoms with E-state index in [-0.39, 0.29) is 63.7 Å². The molecule has 51 heavy (non-hydrogen) atoms. The molecule has 2 heterocycles. The van der Waals surface area contributed by atoms with Crippen LogP contribution in [0.4, 0.5) is 0 Å². The topological polar surface area (TPSA) is 169 Å². The number of ether oxygens (including phenoxy) is 4. The number of para-hydroxylation sites is 2. The number of rotatable bonds is 11. The number of halogens is 1. The molecule has 268 valence electrons. The lowest BCUT2D eigenvalue weighted by molar-refractivity contribution is -0.122. The summed E-state index contributed by atoms with van der Waals surface area (Å²) in [6, 6.07) is 12.9. The lowest BCUT2D eigenvalue weighted by atomic mass is 9.69. The zero-order valence-corrected chi connectivity index (χ0v) is 29.9. The van der Waals surface area contributed by atoms with E-state index in [2.05, 4.69) is 10.3 Å². The Kier molecular flexibility index (Phi) is 9.65. The monoisotopic (exact) mass is 717 g/mol. The molecule has 4 N–H and O–H groups in total. The Morgan fingerprint density at radius 1 is 1.08 bits per heavy atom. The first-order chi connectivity index (χ1) is 24.4. The Morgan fingerprint density at radius 3 is 2.45 bits per heavy atom. The van der Waals surface area contributed by atoms with Gasteiger partial charge in [0.05, 0.1) is 38.4 Å². The Hall–Kier alpha value is -5.23. The minimum absolute atomic E-state index is 0.00164. The van der Waals surface area contributed by atoms with Crippen LogP contribution in [0.1, 0.15) is 73.7 Å². The third-order valence-electron chi connectivity index (χ3n) is 10.1. The largest absolute Gasteiger partial charge is 0.507 e. The number of aliphatic hydroxyl groups excluding tert-OH is 1. The van der Waals surface area contributed by atoms with Gasteiger partial charge in [-0.05, 0) is 35.7 Å². The summed E-state index contributed by atoms with van der Waals surface area (Å²) in [5.41, 5.74) is -0.284. The number of phenols is 1. The van der Waals surface area contributed by atoms with Crippen molar-refractivity contribution < 1.29 is 43.5 Å². The first-order valence-electron chi connectivity index (χ1n) is 16.7. The molecule has 1 aliphatic heterocycles. The number of benzene rings is 3. The molecular weight excluding hydrogens is 678 g/mol. The molecule has 1 aliphatic carbocycles. The van der Waals surface area contributed by atoms with Crippen molar-refractivity contribution in [3.05, 3.63) is 81.8 Å². The molecule has 0 saturated heterocycles. The summed E-state index contributed by atoms with van der Waals surface area (Å²) in [4.78, 5) is 50.7. The maximum atomic E-state index is 14.4. The number of nitrogens with one attached hydrogen (secondary N) is 2. The summed E-state index contributed by atoms with van der Waals surface area (Å²) >= 11 is 6.63. The fraction of sp³-hybridized carbons (Fsp3) is 0.368. The third kappa shape index (κ3) is 5.90. The van der Waals surface area contributed by atoms with Gasteiger partial charge in [-0.3, -0.25) is 14.4 Å². The number of nitrogens with zero attached hydrogens (tertiary/aromatic N) is 1. The minimum Gasteiger partial charge on any atom is -0.507 e. The van der Waals surface area contributed by atoms with Crippen LogP contribution in [0.25, 0.3) is 11.0 Å². The first kappa shape index (κ1) is 35.6. The highest BCUT2D eigenvalue weighted by Crippen LogP contribution is 2.56. The van der Waals surface area contributed by atoms with Gasteiger partial charge in [0.15, 0.2) is 28.8 Å². The van der Waals surface area contributed by atoms with E-state index in [0.717, 1.165) is 17.5 Å². The van der Waals surface area contributed by atoms with Crippen LogP contribution < -0.4 is 24.3 Å². The molecular formula is C38H40ClN3O9. The number of imidazole rings is 1. The van der Waals surface area contributed by atoms with Crippen LogP contribution in [0, 0.1) is 11.8 Å². The summed E-state index contributed by atoms with van der Waals surface area (Å²) in [7, 11) is 4.15. The Bertz CT molecular complexity index is 2040. The number of carbonyl (C=O) groups excluding carboxylic acids is 3. The number of carbonyl (C=O) groups is 3. The van der Waals surface area contributed by atoms with Crippen molar-refractivity contribution in [2.45, 2.75) is 57.6 Å². The molecule has 5 atom stereocenters. The summed E-state index contributed by atoms with van der Waals surface area (Å²) < 4.78 is 22.6. The molecule has 1 unspecified atom stereocenters.